The number of benzene rings is 2. The normalized spacial score (nSPS) is 11.5. The Bertz CT molecular complexity index is 840. The summed E-state index contributed by atoms with van der Waals surface area (Å²) in [6.45, 7) is 2.14. The van der Waals surface area contributed by atoms with Gasteiger partial charge in [0.15, 0.2) is 0 Å². The Balaban J connectivity index is 2.60. The quantitative estimate of drug-likeness (QED) is 0.690. The van der Waals surface area contributed by atoms with Crippen LogP contribution in [0, 0.1) is 6.92 Å². The number of hydrogen-bond acceptors (Lipinski definition) is 3. The Kier molecular flexibility index (Phi) is 6.39. The second kappa shape index (κ2) is 7.93. The molecule has 0 heterocycles. The van der Waals surface area contributed by atoms with Crippen LogP contribution >= 0.6 is 34.8 Å². The zero-order valence-corrected chi connectivity index (χ0v) is 16.2. The lowest BCUT2D eigenvalue weighted by molar-refractivity contribution is 0.208. The first-order chi connectivity index (χ1) is 11.3. The molecule has 0 radical (unpaired) electrons. The van der Waals surface area contributed by atoms with E-state index in [0.29, 0.717) is 10.7 Å². The number of aryl methyl sites for hydroxylation is 1. The lowest BCUT2D eigenvalue weighted by atomic mass is 10.2. The maximum atomic E-state index is 13.1. The Morgan fingerprint density at radius 2 is 1.67 bits per heavy atom. The number of nitrogens with zero attached hydrogens (tertiary/aromatic N) is 1. The molecule has 0 fully saturated rings. The van der Waals surface area contributed by atoms with Crippen LogP contribution in [0.4, 0.5) is 5.69 Å². The average Bonchev–Trinajstić information content (AvgIpc) is 2.51. The van der Waals surface area contributed by atoms with Crippen LogP contribution in [0.1, 0.15) is 5.56 Å². The fourth-order valence-corrected chi connectivity index (χ4v) is 4.72. The predicted molar refractivity (Wildman–Crippen MR) is 99.1 cm³/mol. The van der Waals surface area contributed by atoms with E-state index < -0.39 is 10.0 Å². The van der Waals surface area contributed by atoms with Crippen LogP contribution in [0.15, 0.2) is 41.3 Å². The van der Waals surface area contributed by atoms with Gasteiger partial charge in [-0.25, -0.2) is 8.42 Å². The first-order valence-corrected chi connectivity index (χ1v) is 9.57. The highest BCUT2D eigenvalue weighted by Gasteiger charge is 2.28. The van der Waals surface area contributed by atoms with Gasteiger partial charge in [-0.15, -0.1) is 0 Å². The maximum Gasteiger partial charge on any atom is 0.265 e. The highest BCUT2D eigenvalue weighted by molar-refractivity contribution is 7.93. The van der Waals surface area contributed by atoms with Crippen molar-refractivity contribution in [1.82, 2.24) is 0 Å². The lowest BCUT2D eigenvalue weighted by Gasteiger charge is -2.26. The van der Waals surface area contributed by atoms with Gasteiger partial charge < -0.3 is 4.74 Å². The summed E-state index contributed by atoms with van der Waals surface area (Å²) in [4.78, 5) is -0.0536. The topological polar surface area (TPSA) is 46.6 Å². The summed E-state index contributed by atoms with van der Waals surface area (Å²) in [5.74, 6) is 0. The summed E-state index contributed by atoms with van der Waals surface area (Å²) in [5, 5.41) is 0.923. The Hall–Kier alpha value is -0.980. The van der Waals surface area contributed by atoms with E-state index in [9.17, 15) is 8.42 Å². The van der Waals surface area contributed by atoms with Crippen LogP contribution < -0.4 is 4.31 Å². The summed E-state index contributed by atoms with van der Waals surface area (Å²) >= 11 is 18.0. The highest BCUT2D eigenvalue weighted by atomic mass is 35.5. The van der Waals surface area contributed by atoms with Gasteiger partial charge in [-0.3, -0.25) is 4.31 Å². The molecule has 0 bridgehead atoms. The number of ether oxygens (including phenoxy) is 1. The van der Waals surface area contributed by atoms with E-state index in [-0.39, 0.29) is 28.1 Å². The van der Waals surface area contributed by atoms with E-state index in [1.807, 2.05) is 0 Å². The van der Waals surface area contributed by atoms with Gasteiger partial charge in [0.05, 0.1) is 23.9 Å². The smallest absolute Gasteiger partial charge is 0.265 e. The molecule has 0 spiro atoms. The maximum absolute atomic E-state index is 13.1. The molecule has 24 heavy (non-hydrogen) atoms. The molecule has 2 aromatic rings. The van der Waals surface area contributed by atoms with Crippen molar-refractivity contribution in [3.63, 3.8) is 0 Å². The molecule has 0 aliphatic carbocycles. The monoisotopic (exact) mass is 407 g/mol. The molecule has 2 rings (SSSR count). The van der Waals surface area contributed by atoms with Crippen LogP contribution in [0.3, 0.4) is 0 Å². The van der Waals surface area contributed by atoms with Crippen molar-refractivity contribution in [3.05, 3.63) is 57.0 Å². The Morgan fingerprint density at radius 1 is 1.04 bits per heavy atom. The van der Waals surface area contributed by atoms with Crippen molar-refractivity contribution >= 4 is 50.5 Å². The number of methoxy groups -OCH3 is 1. The molecule has 0 saturated carbocycles. The fraction of sp³-hybridized carbons (Fsp3) is 0.250. The van der Waals surface area contributed by atoms with Gasteiger partial charge in [-0.2, -0.15) is 0 Å². The number of rotatable bonds is 6. The molecular weight excluding hydrogens is 393 g/mol. The summed E-state index contributed by atoms with van der Waals surface area (Å²) in [7, 11) is -2.42. The van der Waals surface area contributed by atoms with E-state index in [1.54, 1.807) is 25.1 Å². The van der Waals surface area contributed by atoms with Crippen LogP contribution in [0.5, 0.6) is 0 Å². The van der Waals surface area contributed by atoms with Crippen LogP contribution in [0.25, 0.3) is 0 Å². The number of halogens is 3. The molecule has 0 N–H and O–H groups in total. The van der Waals surface area contributed by atoms with E-state index in [4.69, 9.17) is 39.5 Å². The fourth-order valence-electron chi connectivity index (χ4n) is 2.24. The Labute approximate surface area is 156 Å². The van der Waals surface area contributed by atoms with Gasteiger partial charge in [-0.1, -0.05) is 34.8 Å². The molecule has 0 aromatic heterocycles. The van der Waals surface area contributed by atoms with Crippen LogP contribution in [-0.4, -0.2) is 28.7 Å². The third kappa shape index (κ3) is 4.16. The van der Waals surface area contributed by atoms with Crippen molar-refractivity contribution in [3.8, 4) is 0 Å². The van der Waals surface area contributed by atoms with E-state index in [2.05, 4.69) is 0 Å². The predicted octanol–water partition coefficient (Wildman–Crippen LogP) is 4.80. The first kappa shape index (κ1) is 19.3. The van der Waals surface area contributed by atoms with Crippen molar-refractivity contribution in [2.24, 2.45) is 0 Å². The molecule has 8 heteroatoms. The standard InChI is InChI=1S/C16H16Cl3NO3S/c1-11-9-12(17)4-6-15(11)20(7-8-23-2)24(21,22)16-10-13(18)3-5-14(16)19/h3-6,9-10H,7-8H2,1-2H3. The van der Waals surface area contributed by atoms with E-state index >= 15 is 0 Å². The molecule has 0 atom stereocenters. The second-order valence-electron chi connectivity index (χ2n) is 5.08. The largest absolute Gasteiger partial charge is 0.383 e. The summed E-state index contributed by atoms with van der Waals surface area (Å²) < 4.78 is 32.6. The molecular formula is C16H16Cl3NO3S. The molecule has 0 aliphatic rings. The molecule has 2 aromatic carbocycles. The molecule has 4 nitrogen and oxygen atoms in total. The van der Waals surface area contributed by atoms with Gasteiger partial charge >= 0.3 is 0 Å². The minimum absolute atomic E-state index is 0.0536. The van der Waals surface area contributed by atoms with Crippen molar-refractivity contribution in [1.29, 1.82) is 0 Å². The zero-order chi connectivity index (χ0) is 17.9. The molecule has 0 amide bonds. The molecule has 0 aliphatic heterocycles. The van der Waals surface area contributed by atoms with Gasteiger partial charge in [0, 0.05) is 17.2 Å². The molecule has 0 unspecified atom stereocenters. The third-order valence-corrected chi connectivity index (χ3v) is 6.15. The molecule has 130 valence electrons. The average molecular weight is 409 g/mol. The van der Waals surface area contributed by atoms with Crippen molar-refractivity contribution in [2.45, 2.75) is 11.8 Å². The van der Waals surface area contributed by atoms with Gasteiger partial charge in [0.1, 0.15) is 4.90 Å². The highest BCUT2D eigenvalue weighted by Crippen LogP contribution is 2.32. The molecule has 0 saturated heterocycles. The summed E-state index contributed by atoms with van der Waals surface area (Å²) in [5.41, 5.74) is 1.23. The van der Waals surface area contributed by atoms with Crippen LogP contribution in [0.2, 0.25) is 15.1 Å². The van der Waals surface area contributed by atoms with Gasteiger partial charge in [-0.05, 0) is 48.9 Å². The summed E-state index contributed by atoms with van der Waals surface area (Å²) in [6.07, 6.45) is 0. The minimum atomic E-state index is -3.92. The number of anilines is 1. The van der Waals surface area contributed by atoms with E-state index in [1.165, 1.54) is 29.6 Å². The second-order valence-corrected chi connectivity index (χ2v) is 8.19. The third-order valence-electron chi connectivity index (χ3n) is 3.39. The number of sulfonamides is 1. The number of hydrogen-bond donors (Lipinski definition) is 0. The van der Waals surface area contributed by atoms with Gasteiger partial charge in [0.25, 0.3) is 10.0 Å². The Morgan fingerprint density at radius 3 is 2.29 bits per heavy atom. The SMILES string of the molecule is COCCN(c1ccc(Cl)cc1C)S(=O)(=O)c1cc(Cl)ccc1Cl. The summed E-state index contributed by atoms with van der Waals surface area (Å²) in [6, 6.07) is 9.33. The minimum Gasteiger partial charge on any atom is -0.383 e. The van der Waals surface area contributed by atoms with Gasteiger partial charge in [0.2, 0.25) is 0 Å². The van der Waals surface area contributed by atoms with E-state index in [0.717, 1.165) is 5.56 Å². The first-order valence-electron chi connectivity index (χ1n) is 7.00. The van der Waals surface area contributed by atoms with Crippen LogP contribution in [-0.2, 0) is 14.8 Å². The lowest BCUT2D eigenvalue weighted by Crippen LogP contribution is -2.34. The van der Waals surface area contributed by atoms with Crippen molar-refractivity contribution in [2.75, 3.05) is 24.6 Å². The van der Waals surface area contributed by atoms with Crippen molar-refractivity contribution < 1.29 is 13.2 Å². The zero-order valence-electron chi connectivity index (χ0n) is 13.1.